The van der Waals surface area contributed by atoms with E-state index in [2.05, 4.69) is 5.32 Å². The summed E-state index contributed by atoms with van der Waals surface area (Å²) in [6, 6.07) is 3.19. The van der Waals surface area contributed by atoms with Gasteiger partial charge in [-0.1, -0.05) is 0 Å². The zero-order chi connectivity index (χ0) is 11.8. The lowest BCUT2D eigenvalue weighted by molar-refractivity contribution is 0.0118. The van der Waals surface area contributed by atoms with Gasteiger partial charge in [-0.25, -0.2) is 8.78 Å². The van der Waals surface area contributed by atoms with Crippen LogP contribution in [0.2, 0.25) is 0 Å². The minimum absolute atomic E-state index is 0.221. The summed E-state index contributed by atoms with van der Waals surface area (Å²) in [6.45, 7) is 4.87. The first kappa shape index (κ1) is 11.5. The molecule has 0 spiro atoms. The number of hydrogen-bond donors (Lipinski definition) is 1. The molecule has 1 heterocycles. The van der Waals surface area contributed by atoms with E-state index in [0.29, 0.717) is 18.8 Å². The molecule has 0 saturated carbocycles. The van der Waals surface area contributed by atoms with Crippen LogP contribution in [-0.2, 0) is 4.74 Å². The van der Waals surface area contributed by atoms with Crippen molar-refractivity contribution < 1.29 is 13.5 Å². The highest BCUT2D eigenvalue weighted by molar-refractivity contribution is 5.23. The van der Waals surface area contributed by atoms with Gasteiger partial charge >= 0.3 is 0 Å². The Morgan fingerprint density at radius 3 is 2.81 bits per heavy atom. The molecule has 1 unspecified atom stereocenters. The van der Waals surface area contributed by atoms with E-state index in [1.165, 1.54) is 6.07 Å². The lowest BCUT2D eigenvalue weighted by atomic mass is 9.98. The zero-order valence-electron chi connectivity index (χ0n) is 9.39. The molecule has 1 saturated heterocycles. The third-order valence-corrected chi connectivity index (χ3v) is 2.65. The van der Waals surface area contributed by atoms with Gasteiger partial charge in [0.25, 0.3) is 0 Å². The van der Waals surface area contributed by atoms with Gasteiger partial charge in [-0.15, -0.1) is 0 Å². The number of rotatable bonds is 1. The molecule has 0 aromatic heterocycles. The molecule has 2 nitrogen and oxygen atoms in total. The second kappa shape index (κ2) is 4.11. The van der Waals surface area contributed by atoms with Crippen LogP contribution < -0.4 is 5.32 Å². The van der Waals surface area contributed by atoms with Gasteiger partial charge < -0.3 is 10.1 Å². The monoisotopic (exact) mass is 227 g/mol. The molecule has 16 heavy (non-hydrogen) atoms. The maximum absolute atomic E-state index is 13.5. The molecule has 1 atom stereocenters. The number of morpholine rings is 1. The number of halogens is 2. The molecule has 0 aliphatic carbocycles. The van der Waals surface area contributed by atoms with Crippen molar-refractivity contribution in [3.05, 3.63) is 35.4 Å². The van der Waals surface area contributed by atoms with Crippen LogP contribution in [0.1, 0.15) is 25.5 Å². The third kappa shape index (κ3) is 2.39. The molecule has 0 radical (unpaired) electrons. The molecule has 4 heteroatoms. The summed E-state index contributed by atoms with van der Waals surface area (Å²) in [7, 11) is 0. The van der Waals surface area contributed by atoms with Crippen LogP contribution in [0.5, 0.6) is 0 Å². The van der Waals surface area contributed by atoms with Gasteiger partial charge in [0.15, 0.2) is 0 Å². The standard InChI is InChI=1S/C12H15F2NO/c1-12(2)7-16-6-11(15-12)9-5-8(13)3-4-10(9)14/h3-5,11,15H,6-7H2,1-2H3. The molecule has 1 N–H and O–H groups in total. The maximum Gasteiger partial charge on any atom is 0.128 e. The number of nitrogens with one attached hydrogen (secondary N) is 1. The second-order valence-electron chi connectivity index (χ2n) is 4.76. The molecular weight excluding hydrogens is 212 g/mol. The lowest BCUT2D eigenvalue weighted by Crippen LogP contribution is -2.51. The van der Waals surface area contributed by atoms with E-state index < -0.39 is 11.6 Å². The van der Waals surface area contributed by atoms with Crippen molar-refractivity contribution in [1.29, 1.82) is 0 Å². The maximum atomic E-state index is 13.5. The first-order valence-corrected chi connectivity index (χ1v) is 5.28. The van der Waals surface area contributed by atoms with Crippen molar-refractivity contribution in [2.45, 2.75) is 25.4 Å². The minimum atomic E-state index is -0.429. The topological polar surface area (TPSA) is 21.3 Å². The van der Waals surface area contributed by atoms with Crippen molar-refractivity contribution in [3.63, 3.8) is 0 Å². The fourth-order valence-corrected chi connectivity index (χ4v) is 1.94. The van der Waals surface area contributed by atoms with Crippen LogP contribution in [0.3, 0.4) is 0 Å². The highest BCUT2D eigenvalue weighted by Crippen LogP contribution is 2.24. The van der Waals surface area contributed by atoms with Crippen molar-refractivity contribution in [1.82, 2.24) is 5.32 Å². The van der Waals surface area contributed by atoms with Crippen LogP contribution >= 0.6 is 0 Å². The Labute approximate surface area is 93.6 Å². The molecule has 2 rings (SSSR count). The lowest BCUT2D eigenvalue weighted by Gasteiger charge is -2.37. The first-order chi connectivity index (χ1) is 7.48. The van der Waals surface area contributed by atoms with Crippen LogP contribution in [0.25, 0.3) is 0 Å². The Morgan fingerprint density at radius 1 is 1.38 bits per heavy atom. The molecule has 0 amide bonds. The fraction of sp³-hybridized carbons (Fsp3) is 0.500. The van der Waals surface area contributed by atoms with E-state index in [-0.39, 0.29) is 11.6 Å². The molecule has 88 valence electrons. The molecule has 1 aliphatic rings. The van der Waals surface area contributed by atoms with Gasteiger partial charge in [0, 0.05) is 11.1 Å². The van der Waals surface area contributed by atoms with Crippen molar-refractivity contribution in [2.24, 2.45) is 0 Å². The molecular formula is C12H15F2NO. The smallest absolute Gasteiger partial charge is 0.128 e. The van der Waals surface area contributed by atoms with Crippen molar-refractivity contribution in [3.8, 4) is 0 Å². The van der Waals surface area contributed by atoms with Gasteiger partial charge in [-0.3, -0.25) is 0 Å². The average Bonchev–Trinajstić information content (AvgIpc) is 2.20. The van der Waals surface area contributed by atoms with E-state index in [1.54, 1.807) is 0 Å². The van der Waals surface area contributed by atoms with Crippen LogP contribution in [-0.4, -0.2) is 18.8 Å². The fourth-order valence-electron chi connectivity index (χ4n) is 1.94. The SMILES string of the molecule is CC1(C)COCC(c2cc(F)ccc2F)N1. The highest BCUT2D eigenvalue weighted by Gasteiger charge is 2.30. The van der Waals surface area contributed by atoms with E-state index in [0.717, 1.165) is 12.1 Å². The van der Waals surface area contributed by atoms with Gasteiger partial charge in [-0.2, -0.15) is 0 Å². The quantitative estimate of drug-likeness (QED) is 0.795. The van der Waals surface area contributed by atoms with Crippen LogP contribution in [0, 0.1) is 11.6 Å². The normalized spacial score (nSPS) is 24.4. The molecule has 0 bridgehead atoms. The molecule has 1 aliphatic heterocycles. The highest BCUT2D eigenvalue weighted by atomic mass is 19.1. The van der Waals surface area contributed by atoms with Gasteiger partial charge in [0.05, 0.1) is 19.3 Å². The molecule has 1 fully saturated rings. The summed E-state index contributed by atoms with van der Waals surface area (Å²) >= 11 is 0. The predicted octanol–water partition coefficient (Wildman–Crippen LogP) is 2.40. The van der Waals surface area contributed by atoms with Crippen LogP contribution in [0.15, 0.2) is 18.2 Å². The largest absolute Gasteiger partial charge is 0.378 e. The summed E-state index contributed by atoms with van der Waals surface area (Å²) < 4.78 is 32.0. The predicted molar refractivity (Wildman–Crippen MR) is 57.1 cm³/mol. The summed E-state index contributed by atoms with van der Waals surface area (Å²) in [5.41, 5.74) is 0.106. The van der Waals surface area contributed by atoms with Gasteiger partial charge in [0.1, 0.15) is 11.6 Å². The van der Waals surface area contributed by atoms with Crippen molar-refractivity contribution in [2.75, 3.05) is 13.2 Å². The van der Waals surface area contributed by atoms with Crippen LogP contribution in [0.4, 0.5) is 8.78 Å². The molecule has 1 aromatic rings. The minimum Gasteiger partial charge on any atom is -0.378 e. The Bertz CT molecular complexity index is 393. The van der Waals surface area contributed by atoms with E-state index >= 15 is 0 Å². The average molecular weight is 227 g/mol. The summed E-state index contributed by atoms with van der Waals surface area (Å²) in [6.07, 6.45) is 0. The Kier molecular flexibility index (Phi) is 2.95. The number of hydrogen-bond acceptors (Lipinski definition) is 2. The van der Waals surface area contributed by atoms with Gasteiger partial charge in [0.2, 0.25) is 0 Å². The first-order valence-electron chi connectivity index (χ1n) is 5.28. The zero-order valence-corrected chi connectivity index (χ0v) is 9.39. The Balaban J connectivity index is 2.26. The Hall–Kier alpha value is -1.00. The third-order valence-electron chi connectivity index (χ3n) is 2.65. The summed E-state index contributed by atoms with van der Waals surface area (Å²) in [5.74, 6) is -0.832. The summed E-state index contributed by atoms with van der Waals surface area (Å²) in [4.78, 5) is 0. The van der Waals surface area contributed by atoms with E-state index in [4.69, 9.17) is 4.74 Å². The second-order valence-corrected chi connectivity index (χ2v) is 4.76. The number of benzene rings is 1. The summed E-state index contributed by atoms with van der Waals surface area (Å²) in [5, 5.41) is 3.25. The Morgan fingerprint density at radius 2 is 2.12 bits per heavy atom. The molecule has 1 aromatic carbocycles. The van der Waals surface area contributed by atoms with E-state index in [1.807, 2.05) is 13.8 Å². The van der Waals surface area contributed by atoms with Gasteiger partial charge in [-0.05, 0) is 32.0 Å². The van der Waals surface area contributed by atoms with Crippen molar-refractivity contribution >= 4 is 0 Å². The number of ether oxygens (including phenoxy) is 1. The van der Waals surface area contributed by atoms with E-state index in [9.17, 15) is 8.78 Å².